The fourth-order valence-electron chi connectivity index (χ4n) is 1.42. The maximum atomic E-state index is 13.0. The van der Waals surface area contributed by atoms with E-state index < -0.39 is 0 Å². The fourth-order valence-corrected chi connectivity index (χ4v) is 1.42. The summed E-state index contributed by atoms with van der Waals surface area (Å²) in [5.41, 5.74) is 7.09. The summed E-state index contributed by atoms with van der Waals surface area (Å²) in [6.07, 6.45) is 0.450. The highest BCUT2D eigenvalue weighted by Gasteiger charge is 2.11. The lowest BCUT2D eigenvalue weighted by Crippen LogP contribution is -2.28. The van der Waals surface area contributed by atoms with Gasteiger partial charge in [-0.3, -0.25) is 4.90 Å². The lowest BCUT2D eigenvalue weighted by Gasteiger charge is -2.23. The lowest BCUT2D eigenvalue weighted by atomic mass is 10.1. The third-order valence-electron chi connectivity index (χ3n) is 2.66. The van der Waals surface area contributed by atoms with Crippen molar-refractivity contribution in [1.82, 2.24) is 4.90 Å². The zero-order valence-corrected chi connectivity index (χ0v) is 9.57. The van der Waals surface area contributed by atoms with Gasteiger partial charge in [-0.2, -0.15) is 5.26 Å². The molecule has 2 N–H and O–H groups in total. The van der Waals surface area contributed by atoms with E-state index in [-0.39, 0.29) is 11.9 Å². The van der Waals surface area contributed by atoms with Crippen LogP contribution in [0.4, 0.5) is 10.1 Å². The normalized spacial score (nSPS) is 12.4. The number of rotatable bonds is 4. The molecule has 16 heavy (non-hydrogen) atoms. The molecule has 1 aromatic rings. The molecular weight excluding hydrogens is 205 g/mol. The van der Waals surface area contributed by atoms with Crippen LogP contribution in [0, 0.1) is 17.1 Å². The molecule has 86 valence electrons. The van der Waals surface area contributed by atoms with Crippen molar-refractivity contribution in [1.29, 1.82) is 5.26 Å². The Bertz CT molecular complexity index is 398. The van der Waals surface area contributed by atoms with E-state index in [9.17, 15) is 4.39 Å². The van der Waals surface area contributed by atoms with Gasteiger partial charge in [-0.15, -0.1) is 0 Å². The monoisotopic (exact) mass is 221 g/mol. The van der Waals surface area contributed by atoms with E-state index in [2.05, 4.69) is 6.07 Å². The molecule has 0 aliphatic heterocycles. The van der Waals surface area contributed by atoms with Crippen molar-refractivity contribution in [3.63, 3.8) is 0 Å². The minimum atomic E-state index is -0.287. The van der Waals surface area contributed by atoms with Crippen molar-refractivity contribution in [3.8, 4) is 6.07 Å². The second-order valence-electron chi connectivity index (χ2n) is 3.97. The fraction of sp³-hybridized carbons (Fsp3) is 0.417. The van der Waals surface area contributed by atoms with E-state index in [0.717, 1.165) is 5.56 Å². The van der Waals surface area contributed by atoms with Gasteiger partial charge in [0.1, 0.15) is 5.82 Å². The average molecular weight is 221 g/mol. The van der Waals surface area contributed by atoms with Crippen LogP contribution in [0.1, 0.15) is 18.9 Å². The molecule has 1 rings (SSSR count). The predicted octanol–water partition coefficient (Wildman–Crippen LogP) is 2.14. The molecule has 4 heteroatoms. The van der Waals surface area contributed by atoms with Gasteiger partial charge >= 0.3 is 0 Å². The summed E-state index contributed by atoms with van der Waals surface area (Å²) in [7, 11) is 1.90. The second-order valence-corrected chi connectivity index (χ2v) is 3.97. The number of anilines is 1. The number of halogens is 1. The van der Waals surface area contributed by atoms with Crippen LogP contribution in [0.25, 0.3) is 0 Å². The quantitative estimate of drug-likeness (QED) is 0.792. The van der Waals surface area contributed by atoms with Gasteiger partial charge in [0.2, 0.25) is 0 Å². The predicted molar refractivity (Wildman–Crippen MR) is 62.0 cm³/mol. The maximum Gasteiger partial charge on any atom is 0.123 e. The van der Waals surface area contributed by atoms with Gasteiger partial charge in [0, 0.05) is 18.3 Å². The number of hydrogen-bond donors (Lipinski definition) is 1. The molecule has 0 aliphatic carbocycles. The number of nitrogen functional groups attached to an aromatic ring is 1. The van der Waals surface area contributed by atoms with Crippen molar-refractivity contribution in [2.75, 3.05) is 12.8 Å². The van der Waals surface area contributed by atoms with Crippen molar-refractivity contribution in [2.45, 2.75) is 25.9 Å². The van der Waals surface area contributed by atoms with Gasteiger partial charge in [-0.05, 0) is 37.7 Å². The molecule has 0 bridgehead atoms. The molecule has 0 fully saturated rings. The summed E-state index contributed by atoms with van der Waals surface area (Å²) in [4.78, 5) is 1.98. The first-order valence-corrected chi connectivity index (χ1v) is 5.15. The van der Waals surface area contributed by atoms with Crippen LogP contribution in [-0.2, 0) is 6.54 Å². The van der Waals surface area contributed by atoms with Crippen LogP contribution in [-0.4, -0.2) is 18.0 Å². The molecule has 0 radical (unpaired) electrons. The Labute approximate surface area is 95.3 Å². The molecule has 3 nitrogen and oxygen atoms in total. The van der Waals surface area contributed by atoms with Gasteiger partial charge in [0.15, 0.2) is 0 Å². The number of nitrogens with two attached hydrogens (primary N) is 1. The van der Waals surface area contributed by atoms with Gasteiger partial charge < -0.3 is 5.73 Å². The van der Waals surface area contributed by atoms with Crippen molar-refractivity contribution < 1.29 is 4.39 Å². The Morgan fingerprint density at radius 2 is 2.25 bits per heavy atom. The van der Waals surface area contributed by atoms with Crippen LogP contribution in [0.3, 0.4) is 0 Å². The van der Waals surface area contributed by atoms with Gasteiger partial charge in [-0.1, -0.05) is 0 Å². The maximum absolute atomic E-state index is 13.0. The zero-order valence-electron chi connectivity index (χ0n) is 9.57. The largest absolute Gasteiger partial charge is 0.398 e. The SMILES string of the molecule is CC(CC#N)N(C)Cc1cc(F)ccc1N. The molecule has 0 spiro atoms. The van der Waals surface area contributed by atoms with E-state index >= 15 is 0 Å². The Hall–Kier alpha value is -1.60. The summed E-state index contributed by atoms with van der Waals surface area (Å²) >= 11 is 0. The number of nitrogens with zero attached hydrogens (tertiary/aromatic N) is 2. The second kappa shape index (κ2) is 5.47. The molecule has 0 aromatic heterocycles. The van der Waals surface area contributed by atoms with Crippen LogP contribution >= 0.6 is 0 Å². The van der Waals surface area contributed by atoms with Crippen molar-refractivity contribution in [2.24, 2.45) is 0 Å². The smallest absolute Gasteiger partial charge is 0.123 e. The third kappa shape index (κ3) is 3.21. The minimum Gasteiger partial charge on any atom is -0.398 e. The zero-order chi connectivity index (χ0) is 12.1. The van der Waals surface area contributed by atoms with E-state index in [1.54, 1.807) is 6.07 Å². The Balaban J connectivity index is 2.73. The standard InChI is InChI=1S/C12H16FN3/c1-9(5-6-14)16(2)8-10-7-11(13)3-4-12(10)15/h3-4,7,9H,5,8,15H2,1-2H3. The Morgan fingerprint density at radius 3 is 2.88 bits per heavy atom. The molecule has 1 atom stereocenters. The molecule has 0 heterocycles. The Kier molecular flexibility index (Phi) is 4.27. The minimum absolute atomic E-state index is 0.132. The molecule has 1 unspecified atom stereocenters. The van der Waals surface area contributed by atoms with Crippen LogP contribution in [0.5, 0.6) is 0 Å². The topological polar surface area (TPSA) is 53.0 Å². The number of nitriles is 1. The molecule has 0 saturated carbocycles. The third-order valence-corrected chi connectivity index (χ3v) is 2.66. The van der Waals surface area contributed by atoms with E-state index in [1.807, 2.05) is 18.9 Å². The highest BCUT2D eigenvalue weighted by molar-refractivity contribution is 5.46. The first-order valence-electron chi connectivity index (χ1n) is 5.15. The lowest BCUT2D eigenvalue weighted by molar-refractivity contribution is 0.252. The van der Waals surface area contributed by atoms with Crippen molar-refractivity contribution in [3.05, 3.63) is 29.6 Å². The average Bonchev–Trinajstić information content (AvgIpc) is 2.23. The summed E-state index contributed by atoms with van der Waals surface area (Å²) in [5, 5.41) is 8.59. The molecule has 0 amide bonds. The first kappa shape index (κ1) is 12.5. The van der Waals surface area contributed by atoms with Crippen molar-refractivity contribution >= 4 is 5.69 Å². The summed E-state index contributed by atoms with van der Waals surface area (Å²) < 4.78 is 13.0. The Morgan fingerprint density at radius 1 is 1.56 bits per heavy atom. The highest BCUT2D eigenvalue weighted by Crippen LogP contribution is 2.16. The number of hydrogen-bond acceptors (Lipinski definition) is 3. The van der Waals surface area contributed by atoms with Crippen LogP contribution in [0.15, 0.2) is 18.2 Å². The molecular formula is C12H16FN3. The number of benzene rings is 1. The van der Waals surface area contributed by atoms with Gasteiger partial charge in [-0.25, -0.2) is 4.39 Å². The van der Waals surface area contributed by atoms with E-state index in [4.69, 9.17) is 11.0 Å². The molecule has 0 aliphatic rings. The molecule has 0 saturated heterocycles. The van der Waals surface area contributed by atoms with Gasteiger partial charge in [0.05, 0.1) is 12.5 Å². The summed E-state index contributed by atoms with van der Waals surface area (Å²) in [6, 6.07) is 6.59. The van der Waals surface area contributed by atoms with E-state index in [1.165, 1.54) is 12.1 Å². The van der Waals surface area contributed by atoms with Crippen LogP contribution in [0.2, 0.25) is 0 Å². The summed E-state index contributed by atoms with van der Waals surface area (Å²) in [6.45, 7) is 2.51. The first-order chi connectivity index (χ1) is 7.54. The van der Waals surface area contributed by atoms with Crippen LogP contribution < -0.4 is 5.73 Å². The van der Waals surface area contributed by atoms with Gasteiger partial charge in [0.25, 0.3) is 0 Å². The highest BCUT2D eigenvalue weighted by atomic mass is 19.1. The van der Waals surface area contributed by atoms with E-state index in [0.29, 0.717) is 18.7 Å². The molecule has 1 aromatic carbocycles. The summed E-state index contributed by atoms with van der Waals surface area (Å²) in [5.74, 6) is -0.287.